The van der Waals surface area contributed by atoms with E-state index in [9.17, 15) is 0 Å². The minimum Gasteiger partial charge on any atom is -0.495 e. The van der Waals surface area contributed by atoms with Crippen LogP contribution in [0.2, 0.25) is 0 Å². The average molecular weight is 387 g/mol. The number of anilines is 2. The van der Waals surface area contributed by atoms with Gasteiger partial charge in [0.15, 0.2) is 3.95 Å². The molecule has 0 radical (unpaired) electrons. The van der Waals surface area contributed by atoms with Gasteiger partial charge in [-0.25, -0.2) is 4.68 Å². The van der Waals surface area contributed by atoms with E-state index in [4.69, 9.17) is 17.0 Å². The summed E-state index contributed by atoms with van der Waals surface area (Å²) in [7, 11) is 3.72. The number of hydrogen-bond acceptors (Lipinski definition) is 6. The standard InChI is InChI=1S/C19H22N4OS2/c1-14-8-4-5-9-15(14)12-22(2)13-23-19(25)26-18(21-23)20-16-10-6-7-11-17(16)24-3/h4-11H,12-13H2,1-3H3,(H,20,21). The van der Waals surface area contributed by atoms with E-state index in [1.165, 1.54) is 22.5 Å². The normalized spacial score (nSPS) is 10.9. The molecule has 0 atom stereocenters. The molecule has 1 heterocycles. The third kappa shape index (κ3) is 4.49. The molecular weight excluding hydrogens is 364 g/mol. The summed E-state index contributed by atoms with van der Waals surface area (Å²) in [6, 6.07) is 16.2. The topological polar surface area (TPSA) is 42.3 Å². The van der Waals surface area contributed by atoms with Crippen LogP contribution < -0.4 is 10.1 Å². The van der Waals surface area contributed by atoms with Crippen LogP contribution in [0.15, 0.2) is 48.5 Å². The first kappa shape index (κ1) is 18.6. The summed E-state index contributed by atoms with van der Waals surface area (Å²) in [6.45, 7) is 3.62. The third-order valence-electron chi connectivity index (χ3n) is 4.03. The van der Waals surface area contributed by atoms with E-state index in [0.717, 1.165) is 27.1 Å². The molecule has 2 aromatic carbocycles. The number of ether oxygens (including phenoxy) is 1. The van der Waals surface area contributed by atoms with Gasteiger partial charge in [-0.15, -0.1) is 5.10 Å². The highest BCUT2D eigenvalue weighted by molar-refractivity contribution is 7.73. The van der Waals surface area contributed by atoms with Crippen LogP contribution in [0.5, 0.6) is 5.75 Å². The first-order valence-corrected chi connectivity index (χ1v) is 9.50. The summed E-state index contributed by atoms with van der Waals surface area (Å²) in [5.74, 6) is 0.775. The Bertz CT molecular complexity index is 935. The Morgan fingerprint density at radius 3 is 2.69 bits per heavy atom. The highest BCUT2D eigenvalue weighted by atomic mass is 32.1. The van der Waals surface area contributed by atoms with Crippen molar-refractivity contribution in [3.8, 4) is 5.75 Å². The molecule has 3 rings (SSSR count). The molecule has 0 unspecified atom stereocenters. The maximum Gasteiger partial charge on any atom is 0.209 e. The van der Waals surface area contributed by atoms with Gasteiger partial charge in [-0.05, 0) is 49.4 Å². The van der Waals surface area contributed by atoms with Gasteiger partial charge in [0.25, 0.3) is 0 Å². The van der Waals surface area contributed by atoms with Gasteiger partial charge in [0.1, 0.15) is 5.75 Å². The molecule has 1 aromatic heterocycles. The number of nitrogens with one attached hydrogen (secondary N) is 1. The fourth-order valence-electron chi connectivity index (χ4n) is 2.67. The second-order valence-corrected chi connectivity index (χ2v) is 7.70. The molecule has 0 saturated heterocycles. The monoisotopic (exact) mass is 386 g/mol. The summed E-state index contributed by atoms with van der Waals surface area (Å²) in [5.41, 5.74) is 3.48. The summed E-state index contributed by atoms with van der Waals surface area (Å²) in [4.78, 5) is 2.20. The highest BCUT2D eigenvalue weighted by Crippen LogP contribution is 2.28. The molecule has 1 N–H and O–H groups in total. The zero-order chi connectivity index (χ0) is 18.5. The predicted octanol–water partition coefficient (Wildman–Crippen LogP) is 4.82. The van der Waals surface area contributed by atoms with Crippen LogP contribution in [0.3, 0.4) is 0 Å². The number of para-hydroxylation sites is 2. The van der Waals surface area contributed by atoms with Crippen molar-refractivity contribution in [1.82, 2.24) is 14.7 Å². The van der Waals surface area contributed by atoms with Crippen molar-refractivity contribution in [1.29, 1.82) is 0 Å². The quantitative estimate of drug-likeness (QED) is 0.590. The number of aryl methyl sites for hydroxylation is 1. The van der Waals surface area contributed by atoms with Crippen molar-refractivity contribution in [2.75, 3.05) is 19.5 Å². The average Bonchev–Trinajstić information content (AvgIpc) is 2.96. The minimum atomic E-state index is 0.636. The van der Waals surface area contributed by atoms with E-state index < -0.39 is 0 Å². The zero-order valence-electron chi connectivity index (χ0n) is 15.1. The van der Waals surface area contributed by atoms with Gasteiger partial charge in [-0.1, -0.05) is 47.7 Å². The lowest BCUT2D eigenvalue weighted by molar-refractivity contribution is 0.245. The van der Waals surface area contributed by atoms with E-state index in [1.54, 1.807) is 7.11 Å². The summed E-state index contributed by atoms with van der Waals surface area (Å²) in [5, 5.41) is 8.65. The Labute approximate surface area is 162 Å². The summed E-state index contributed by atoms with van der Waals surface area (Å²) < 4.78 is 7.95. The number of rotatable bonds is 7. The van der Waals surface area contributed by atoms with Crippen molar-refractivity contribution in [2.24, 2.45) is 0 Å². The van der Waals surface area contributed by atoms with Gasteiger partial charge in [0, 0.05) is 6.54 Å². The second-order valence-electron chi connectivity index (χ2n) is 6.08. The van der Waals surface area contributed by atoms with Gasteiger partial charge < -0.3 is 10.1 Å². The van der Waals surface area contributed by atoms with E-state index in [0.29, 0.717) is 6.67 Å². The maximum atomic E-state index is 5.48. The fourth-order valence-corrected chi connectivity index (χ4v) is 3.67. The number of benzene rings is 2. The van der Waals surface area contributed by atoms with E-state index >= 15 is 0 Å². The number of aromatic nitrogens is 2. The smallest absolute Gasteiger partial charge is 0.209 e. The van der Waals surface area contributed by atoms with Crippen LogP contribution in [-0.2, 0) is 13.2 Å². The minimum absolute atomic E-state index is 0.636. The molecule has 0 amide bonds. The molecule has 26 heavy (non-hydrogen) atoms. The molecule has 3 aromatic rings. The van der Waals surface area contributed by atoms with E-state index in [1.807, 2.05) is 28.9 Å². The van der Waals surface area contributed by atoms with Gasteiger partial charge in [-0.3, -0.25) is 4.90 Å². The lowest BCUT2D eigenvalue weighted by atomic mass is 10.1. The van der Waals surface area contributed by atoms with Crippen LogP contribution in [0.25, 0.3) is 0 Å². The molecule has 0 aliphatic carbocycles. The molecule has 136 valence electrons. The van der Waals surface area contributed by atoms with Crippen molar-refractivity contribution in [2.45, 2.75) is 20.1 Å². The molecule has 0 aliphatic heterocycles. The summed E-state index contributed by atoms with van der Waals surface area (Å²) >= 11 is 6.93. The molecule has 0 saturated carbocycles. The first-order valence-electron chi connectivity index (χ1n) is 8.28. The van der Waals surface area contributed by atoms with Gasteiger partial charge in [0.2, 0.25) is 5.13 Å². The molecule has 5 nitrogen and oxygen atoms in total. The third-order valence-corrected chi connectivity index (χ3v) is 5.25. The number of hydrogen-bond donors (Lipinski definition) is 1. The largest absolute Gasteiger partial charge is 0.495 e. The Balaban J connectivity index is 1.70. The summed E-state index contributed by atoms with van der Waals surface area (Å²) in [6.07, 6.45) is 0. The Morgan fingerprint density at radius 2 is 1.92 bits per heavy atom. The van der Waals surface area contributed by atoms with Crippen molar-refractivity contribution in [3.63, 3.8) is 0 Å². The number of methoxy groups -OCH3 is 1. The van der Waals surface area contributed by atoms with E-state index in [-0.39, 0.29) is 0 Å². The van der Waals surface area contributed by atoms with Crippen LogP contribution in [-0.4, -0.2) is 28.8 Å². The zero-order valence-corrected chi connectivity index (χ0v) is 16.7. The lowest BCUT2D eigenvalue weighted by Gasteiger charge is -2.17. The second kappa shape index (κ2) is 8.44. The van der Waals surface area contributed by atoms with E-state index in [2.05, 4.69) is 53.6 Å². The molecule has 0 spiro atoms. The Morgan fingerprint density at radius 1 is 1.19 bits per heavy atom. The molecule has 0 aliphatic rings. The predicted molar refractivity (Wildman–Crippen MR) is 110 cm³/mol. The van der Waals surface area contributed by atoms with Crippen molar-refractivity contribution < 1.29 is 4.74 Å². The van der Waals surface area contributed by atoms with Crippen molar-refractivity contribution in [3.05, 3.63) is 63.6 Å². The SMILES string of the molecule is COc1ccccc1Nc1nn(CN(C)Cc2ccccc2C)c(=S)s1. The maximum absolute atomic E-state index is 5.48. The molecule has 0 bridgehead atoms. The molecule has 0 fully saturated rings. The Hall–Kier alpha value is -2.22. The fraction of sp³-hybridized carbons (Fsp3) is 0.263. The number of nitrogens with zero attached hydrogens (tertiary/aromatic N) is 3. The highest BCUT2D eigenvalue weighted by Gasteiger charge is 2.10. The molecule has 7 heteroatoms. The molecular formula is C19H22N4OS2. The van der Waals surface area contributed by atoms with Crippen LogP contribution in [0, 0.1) is 10.9 Å². The first-order chi connectivity index (χ1) is 12.6. The van der Waals surface area contributed by atoms with Crippen LogP contribution in [0.1, 0.15) is 11.1 Å². The van der Waals surface area contributed by atoms with Gasteiger partial charge in [-0.2, -0.15) is 0 Å². The Kier molecular flexibility index (Phi) is 6.03. The van der Waals surface area contributed by atoms with Crippen LogP contribution >= 0.6 is 23.6 Å². The van der Waals surface area contributed by atoms with Gasteiger partial charge in [0.05, 0.1) is 19.5 Å². The lowest BCUT2D eigenvalue weighted by Crippen LogP contribution is -2.22. The van der Waals surface area contributed by atoms with Crippen molar-refractivity contribution >= 4 is 34.4 Å². The van der Waals surface area contributed by atoms with Gasteiger partial charge >= 0.3 is 0 Å². The van der Waals surface area contributed by atoms with Crippen LogP contribution in [0.4, 0.5) is 10.8 Å².